The summed E-state index contributed by atoms with van der Waals surface area (Å²) in [5, 5.41) is 0.974. The minimum Gasteiger partial charge on any atom is -0.397 e. The van der Waals surface area contributed by atoms with Gasteiger partial charge in [0.25, 0.3) is 5.91 Å². The number of anilines is 1. The third kappa shape index (κ3) is 2.69. The molecule has 1 fully saturated rings. The van der Waals surface area contributed by atoms with Gasteiger partial charge in [0.2, 0.25) is 0 Å². The monoisotopic (exact) mass is 343 g/mol. The number of rotatable bonds is 1. The molecule has 2 unspecified atom stereocenters. The molecule has 0 spiro atoms. The van der Waals surface area contributed by atoms with E-state index in [0.717, 1.165) is 36.1 Å². The minimum absolute atomic E-state index is 0.0897. The van der Waals surface area contributed by atoms with Crippen molar-refractivity contribution in [2.24, 2.45) is 11.8 Å². The lowest BCUT2D eigenvalue weighted by Gasteiger charge is -2.34. The maximum absolute atomic E-state index is 13.0. The number of nitrogens with zero attached hydrogens (tertiary/aromatic N) is 2. The number of hydrogen-bond acceptors (Lipinski definition) is 4. The van der Waals surface area contributed by atoms with Crippen LogP contribution in [0.5, 0.6) is 0 Å². The summed E-state index contributed by atoms with van der Waals surface area (Å²) in [5.41, 5.74) is 9.52. The van der Waals surface area contributed by atoms with Crippen molar-refractivity contribution >= 4 is 33.1 Å². The van der Waals surface area contributed by atoms with Gasteiger partial charge < -0.3 is 10.6 Å². The summed E-state index contributed by atoms with van der Waals surface area (Å²) >= 11 is 1.47. The van der Waals surface area contributed by atoms with Gasteiger partial charge in [0.1, 0.15) is 9.71 Å². The molecule has 2 atom stereocenters. The van der Waals surface area contributed by atoms with Crippen LogP contribution in [0.1, 0.15) is 54.0 Å². The molecule has 24 heavy (non-hydrogen) atoms. The van der Waals surface area contributed by atoms with E-state index in [4.69, 9.17) is 10.7 Å². The maximum atomic E-state index is 13.0. The van der Waals surface area contributed by atoms with Gasteiger partial charge in [-0.05, 0) is 55.6 Å². The number of fused-ring (bicyclic) bond motifs is 2. The number of aryl methyl sites for hydroxylation is 2. The number of amides is 1. The first-order valence-electron chi connectivity index (χ1n) is 9.03. The highest BCUT2D eigenvalue weighted by molar-refractivity contribution is 7.21. The van der Waals surface area contributed by atoms with Crippen LogP contribution in [0.2, 0.25) is 0 Å². The molecule has 128 valence electrons. The summed E-state index contributed by atoms with van der Waals surface area (Å²) in [5.74, 6) is 1.20. The van der Waals surface area contributed by atoms with Crippen molar-refractivity contribution in [2.45, 2.75) is 46.0 Å². The second-order valence-electron chi connectivity index (χ2n) is 7.66. The van der Waals surface area contributed by atoms with E-state index in [1.807, 2.05) is 4.90 Å². The summed E-state index contributed by atoms with van der Waals surface area (Å²) < 4.78 is 0. The Kier molecular flexibility index (Phi) is 3.99. The van der Waals surface area contributed by atoms with Crippen LogP contribution in [-0.2, 0) is 12.8 Å². The molecule has 4 nitrogen and oxygen atoms in total. The summed E-state index contributed by atoms with van der Waals surface area (Å²) in [6.45, 7) is 6.11. The highest BCUT2D eigenvalue weighted by atomic mass is 32.1. The SMILES string of the molecule is CC1CC(C)CN(C(=O)c2sc3nc4c(cc3c2N)CCCC4)C1. The number of hydrogen-bond donors (Lipinski definition) is 1. The highest BCUT2D eigenvalue weighted by Gasteiger charge is 2.29. The van der Waals surface area contributed by atoms with E-state index >= 15 is 0 Å². The van der Waals surface area contributed by atoms with Gasteiger partial charge in [-0.15, -0.1) is 11.3 Å². The van der Waals surface area contributed by atoms with Crippen molar-refractivity contribution < 1.29 is 4.79 Å². The number of pyridine rings is 1. The average Bonchev–Trinajstić information content (AvgIpc) is 2.87. The van der Waals surface area contributed by atoms with Crippen LogP contribution in [0.15, 0.2) is 6.07 Å². The van der Waals surface area contributed by atoms with Gasteiger partial charge in [-0.2, -0.15) is 0 Å². The van der Waals surface area contributed by atoms with E-state index in [0.29, 0.717) is 22.4 Å². The van der Waals surface area contributed by atoms with E-state index in [9.17, 15) is 4.79 Å². The van der Waals surface area contributed by atoms with Crippen LogP contribution in [0.3, 0.4) is 0 Å². The summed E-state index contributed by atoms with van der Waals surface area (Å²) in [6, 6.07) is 2.18. The molecule has 0 saturated carbocycles. The molecule has 2 aromatic heterocycles. The molecule has 2 aliphatic rings. The van der Waals surface area contributed by atoms with Crippen LogP contribution in [0, 0.1) is 11.8 Å². The van der Waals surface area contributed by atoms with Crippen molar-refractivity contribution in [3.63, 3.8) is 0 Å². The molecule has 1 aliphatic carbocycles. The molecule has 4 rings (SSSR count). The molecule has 0 aromatic carbocycles. The molecule has 1 saturated heterocycles. The number of piperidine rings is 1. The Morgan fingerprint density at radius 3 is 2.71 bits per heavy atom. The van der Waals surface area contributed by atoms with Gasteiger partial charge in [0, 0.05) is 24.2 Å². The van der Waals surface area contributed by atoms with Crippen LogP contribution >= 0.6 is 11.3 Å². The van der Waals surface area contributed by atoms with Crippen LogP contribution in [0.4, 0.5) is 5.69 Å². The first-order chi connectivity index (χ1) is 11.5. The van der Waals surface area contributed by atoms with E-state index in [2.05, 4.69) is 19.9 Å². The van der Waals surface area contributed by atoms with E-state index in [1.54, 1.807) is 0 Å². The molecule has 3 heterocycles. The Bertz CT molecular complexity index is 787. The summed E-state index contributed by atoms with van der Waals surface area (Å²) in [6.07, 6.45) is 5.76. The lowest BCUT2D eigenvalue weighted by atomic mass is 9.92. The maximum Gasteiger partial charge on any atom is 0.266 e. The summed E-state index contributed by atoms with van der Waals surface area (Å²) in [7, 11) is 0. The van der Waals surface area contributed by atoms with Crippen molar-refractivity contribution in [3.8, 4) is 0 Å². The number of likely N-dealkylation sites (tertiary alicyclic amines) is 1. The summed E-state index contributed by atoms with van der Waals surface area (Å²) in [4.78, 5) is 21.4. The first-order valence-corrected chi connectivity index (χ1v) is 9.84. The zero-order valence-electron chi connectivity index (χ0n) is 14.5. The lowest BCUT2D eigenvalue weighted by molar-refractivity contribution is 0.0629. The molecular weight excluding hydrogens is 318 g/mol. The minimum atomic E-state index is 0.0897. The van der Waals surface area contributed by atoms with Gasteiger partial charge in [-0.3, -0.25) is 4.79 Å². The van der Waals surface area contributed by atoms with Crippen LogP contribution < -0.4 is 5.73 Å². The zero-order valence-corrected chi connectivity index (χ0v) is 15.3. The van der Waals surface area contributed by atoms with E-state index in [-0.39, 0.29) is 5.91 Å². The quantitative estimate of drug-likeness (QED) is 0.855. The normalized spacial score (nSPS) is 24.2. The number of aromatic nitrogens is 1. The van der Waals surface area contributed by atoms with Crippen molar-refractivity contribution in [1.82, 2.24) is 9.88 Å². The van der Waals surface area contributed by atoms with Crippen LogP contribution in [-0.4, -0.2) is 28.9 Å². The van der Waals surface area contributed by atoms with Crippen molar-refractivity contribution in [3.05, 3.63) is 22.2 Å². The topological polar surface area (TPSA) is 59.2 Å². The molecule has 2 N–H and O–H groups in total. The fourth-order valence-electron chi connectivity index (χ4n) is 4.29. The second kappa shape index (κ2) is 6.03. The molecule has 0 radical (unpaired) electrons. The Labute approximate surface area is 147 Å². The standard InChI is InChI=1S/C19H25N3OS/c1-11-7-12(2)10-22(9-11)19(23)17-16(20)14-8-13-5-3-4-6-15(13)21-18(14)24-17/h8,11-12H,3-7,9-10,20H2,1-2H3. The predicted molar refractivity (Wildman–Crippen MR) is 99.5 cm³/mol. The fourth-order valence-corrected chi connectivity index (χ4v) is 5.35. The van der Waals surface area contributed by atoms with Crippen LogP contribution in [0.25, 0.3) is 10.2 Å². The van der Waals surface area contributed by atoms with Gasteiger partial charge in [-0.1, -0.05) is 13.8 Å². The molecule has 5 heteroatoms. The van der Waals surface area contributed by atoms with Crippen molar-refractivity contribution in [2.75, 3.05) is 18.8 Å². The Morgan fingerprint density at radius 2 is 1.96 bits per heavy atom. The molecule has 2 aromatic rings. The van der Waals surface area contributed by atoms with Crippen molar-refractivity contribution in [1.29, 1.82) is 0 Å². The Morgan fingerprint density at radius 1 is 1.25 bits per heavy atom. The number of thiophene rings is 1. The Hall–Kier alpha value is -1.62. The molecular formula is C19H25N3OS. The van der Waals surface area contributed by atoms with E-state index in [1.165, 1.54) is 41.9 Å². The fraction of sp³-hybridized carbons (Fsp3) is 0.579. The number of carbonyl (C=O) groups is 1. The molecule has 0 bridgehead atoms. The number of nitrogens with two attached hydrogens (primary N) is 1. The lowest BCUT2D eigenvalue weighted by Crippen LogP contribution is -2.42. The zero-order chi connectivity index (χ0) is 16.8. The van der Waals surface area contributed by atoms with Gasteiger partial charge in [-0.25, -0.2) is 4.98 Å². The van der Waals surface area contributed by atoms with Gasteiger partial charge in [0.05, 0.1) is 5.69 Å². The Balaban J connectivity index is 1.71. The van der Waals surface area contributed by atoms with Gasteiger partial charge in [0.15, 0.2) is 0 Å². The van der Waals surface area contributed by atoms with Gasteiger partial charge >= 0.3 is 0 Å². The van der Waals surface area contributed by atoms with E-state index < -0.39 is 0 Å². The number of nitrogen functional groups attached to an aromatic ring is 1. The molecule has 1 aliphatic heterocycles. The third-order valence-corrected chi connectivity index (χ3v) is 6.45. The average molecular weight is 343 g/mol. The predicted octanol–water partition coefficient (Wildman–Crippen LogP) is 3.88. The largest absolute Gasteiger partial charge is 0.397 e. The second-order valence-corrected chi connectivity index (χ2v) is 8.65. The smallest absolute Gasteiger partial charge is 0.266 e. The first kappa shape index (κ1) is 15.9. The highest BCUT2D eigenvalue weighted by Crippen LogP contribution is 2.36. The molecule has 1 amide bonds. The number of carbonyl (C=O) groups excluding carboxylic acids is 1. The third-order valence-electron chi connectivity index (χ3n) is 5.35.